The number of rotatable bonds is 3. The number of halogens is 7. The van der Waals surface area contributed by atoms with Gasteiger partial charge in [0.1, 0.15) is 5.76 Å². The van der Waals surface area contributed by atoms with Gasteiger partial charge in [-0.15, -0.1) is 0 Å². The van der Waals surface area contributed by atoms with Gasteiger partial charge >= 0.3 is 12.4 Å². The van der Waals surface area contributed by atoms with Crippen LogP contribution in [0, 0.1) is 0 Å². The van der Waals surface area contributed by atoms with Crippen molar-refractivity contribution in [3.05, 3.63) is 52.9 Å². The van der Waals surface area contributed by atoms with Crippen LogP contribution in [0.1, 0.15) is 11.3 Å². The second-order valence-electron chi connectivity index (χ2n) is 5.82. The van der Waals surface area contributed by atoms with Gasteiger partial charge in [0.2, 0.25) is 5.72 Å². The standard InChI is InChI=1S/C16H11ClF6N2O2S/c17-12-4-3-9(6-11(12)15(18,19)20)24-13-25(7-10-2-1-5-27-10)14(26,8-28-13)16(21,22)23/h1-6,26H,7-8H2. The lowest BCUT2D eigenvalue weighted by Crippen LogP contribution is -2.57. The van der Waals surface area contributed by atoms with Crippen LogP contribution in [0.25, 0.3) is 0 Å². The molecule has 0 amide bonds. The van der Waals surface area contributed by atoms with E-state index in [9.17, 15) is 31.4 Å². The zero-order valence-corrected chi connectivity index (χ0v) is 15.3. The van der Waals surface area contributed by atoms with E-state index in [2.05, 4.69) is 4.99 Å². The summed E-state index contributed by atoms with van der Waals surface area (Å²) in [7, 11) is 0. The van der Waals surface area contributed by atoms with Crippen LogP contribution in [0.2, 0.25) is 5.02 Å². The van der Waals surface area contributed by atoms with Crippen molar-refractivity contribution in [2.45, 2.75) is 24.6 Å². The first-order chi connectivity index (χ1) is 12.9. The molecule has 1 N–H and O–H groups in total. The molecule has 0 radical (unpaired) electrons. The lowest BCUT2D eigenvalue weighted by molar-refractivity contribution is -0.290. The van der Waals surface area contributed by atoms with Crippen molar-refractivity contribution >= 4 is 34.2 Å². The number of thioether (sulfide) groups is 1. The van der Waals surface area contributed by atoms with Crippen molar-refractivity contribution in [3.63, 3.8) is 0 Å². The molecule has 2 aromatic rings. The summed E-state index contributed by atoms with van der Waals surface area (Å²) in [5, 5.41) is 9.36. The largest absolute Gasteiger partial charge is 0.467 e. The summed E-state index contributed by atoms with van der Waals surface area (Å²) in [6.45, 7) is -0.478. The maximum Gasteiger partial charge on any atom is 0.437 e. The highest BCUT2D eigenvalue weighted by molar-refractivity contribution is 8.14. The molecule has 1 aliphatic rings. The van der Waals surface area contributed by atoms with Gasteiger partial charge in [0.05, 0.1) is 34.8 Å². The minimum absolute atomic E-state index is 0.116. The van der Waals surface area contributed by atoms with Gasteiger partial charge in [-0.2, -0.15) is 26.3 Å². The zero-order chi connectivity index (χ0) is 20.7. The molecule has 1 aromatic carbocycles. The normalized spacial score (nSPS) is 22.3. The third-order valence-electron chi connectivity index (χ3n) is 3.91. The molecule has 3 rings (SSSR count). The van der Waals surface area contributed by atoms with E-state index >= 15 is 0 Å². The minimum Gasteiger partial charge on any atom is -0.467 e. The predicted molar refractivity (Wildman–Crippen MR) is 91.3 cm³/mol. The van der Waals surface area contributed by atoms with Gasteiger partial charge in [-0.3, -0.25) is 0 Å². The first-order valence-corrected chi connectivity index (χ1v) is 8.95. The van der Waals surface area contributed by atoms with Crippen molar-refractivity contribution in [1.29, 1.82) is 0 Å². The first kappa shape index (κ1) is 20.9. The molecular weight excluding hydrogens is 434 g/mol. The summed E-state index contributed by atoms with van der Waals surface area (Å²) in [4.78, 5) is 4.44. The summed E-state index contributed by atoms with van der Waals surface area (Å²) in [5.74, 6) is -0.680. The lowest BCUT2D eigenvalue weighted by Gasteiger charge is -2.34. The van der Waals surface area contributed by atoms with Crippen molar-refractivity contribution < 1.29 is 35.9 Å². The molecular formula is C16H11ClF6N2O2S. The third-order valence-corrected chi connectivity index (χ3v) is 5.35. The maximum atomic E-state index is 13.5. The molecule has 1 aromatic heterocycles. The zero-order valence-electron chi connectivity index (χ0n) is 13.7. The number of benzene rings is 1. The van der Waals surface area contributed by atoms with Crippen LogP contribution in [0.3, 0.4) is 0 Å². The Labute approximate surface area is 163 Å². The van der Waals surface area contributed by atoms with E-state index in [1.165, 1.54) is 18.4 Å². The van der Waals surface area contributed by atoms with E-state index in [0.717, 1.165) is 12.1 Å². The molecule has 28 heavy (non-hydrogen) atoms. The second-order valence-corrected chi connectivity index (χ2v) is 7.17. The highest BCUT2D eigenvalue weighted by Crippen LogP contribution is 2.44. The highest BCUT2D eigenvalue weighted by atomic mass is 35.5. The van der Waals surface area contributed by atoms with Crippen LogP contribution in [0.4, 0.5) is 32.0 Å². The summed E-state index contributed by atoms with van der Waals surface area (Å²) in [5.41, 5.74) is -4.67. The fraction of sp³-hybridized carbons (Fsp3) is 0.312. The number of aliphatic hydroxyl groups is 1. The Morgan fingerprint density at radius 2 is 1.93 bits per heavy atom. The van der Waals surface area contributed by atoms with Gasteiger partial charge in [-0.25, -0.2) is 4.99 Å². The molecule has 1 unspecified atom stereocenters. The molecule has 1 saturated heterocycles. The van der Waals surface area contributed by atoms with Gasteiger partial charge in [0, 0.05) is 0 Å². The van der Waals surface area contributed by atoms with E-state index in [1.54, 1.807) is 0 Å². The fourth-order valence-electron chi connectivity index (χ4n) is 2.47. The summed E-state index contributed by atoms with van der Waals surface area (Å²) in [6.07, 6.45) is -8.53. The molecule has 0 aliphatic carbocycles. The number of furan rings is 1. The second kappa shape index (κ2) is 7.20. The quantitative estimate of drug-likeness (QED) is 0.640. The van der Waals surface area contributed by atoms with Gasteiger partial charge in [-0.1, -0.05) is 23.4 Å². The molecule has 1 atom stereocenters. The van der Waals surface area contributed by atoms with Crippen LogP contribution in [0.5, 0.6) is 0 Å². The van der Waals surface area contributed by atoms with Crippen LogP contribution >= 0.6 is 23.4 Å². The molecule has 152 valence electrons. The number of nitrogens with zero attached hydrogens (tertiary/aromatic N) is 2. The average molecular weight is 445 g/mol. The van der Waals surface area contributed by atoms with Gasteiger partial charge in [-0.05, 0) is 30.3 Å². The Hall–Kier alpha value is -1.85. The van der Waals surface area contributed by atoms with E-state index in [4.69, 9.17) is 16.0 Å². The van der Waals surface area contributed by atoms with Crippen LogP contribution in [-0.4, -0.2) is 32.8 Å². The Balaban J connectivity index is 2.02. The number of amidine groups is 1. The molecule has 2 heterocycles. The Kier molecular flexibility index (Phi) is 5.36. The number of hydrogen-bond donors (Lipinski definition) is 1. The molecule has 0 bridgehead atoms. The predicted octanol–water partition coefficient (Wildman–Crippen LogP) is 5.44. The van der Waals surface area contributed by atoms with Crippen LogP contribution in [0.15, 0.2) is 46.0 Å². The number of aliphatic imine (C=N–C) groups is 1. The number of alkyl halides is 6. The first-order valence-electron chi connectivity index (χ1n) is 7.59. The molecule has 0 saturated carbocycles. The van der Waals surface area contributed by atoms with Crippen LogP contribution < -0.4 is 0 Å². The highest BCUT2D eigenvalue weighted by Gasteiger charge is 2.62. The average Bonchev–Trinajstić information content (AvgIpc) is 3.19. The van der Waals surface area contributed by atoms with Crippen LogP contribution in [-0.2, 0) is 12.7 Å². The Bertz CT molecular complexity index is 884. The van der Waals surface area contributed by atoms with E-state index in [0.29, 0.717) is 22.7 Å². The fourth-order valence-corrected chi connectivity index (χ4v) is 3.89. The van der Waals surface area contributed by atoms with Crippen molar-refractivity contribution in [2.24, 2.45) is 4.99 Å². The number of hydrogen-bond acceptors (Lipinski definition) is 4. The molecule has 1 fully saturated rings. The Morgan fingerprint density at radius 1 is 1.21 bits per heavy atom. The molecule has 4 nitrogen and oxygen atoms in total. The smallest absolute Gasteiger partial charge is 0.437 e. The van der Waals surface area contributed by atoms with Gasteiger partial charge < -0.3 is 14.4 Å². The monoisotopic (exact) mass is 444 g/mol. The van der Waals surface area contributed by atoms with Crippen molar-refractivity contribution in [3.8, 4) is 0 Å². The molecule has 1 aliphatic heterocycles. The van der Waals surface area contributed by atoms with E-state index in [-0.39, 0.29) is 16.6 Å². The topological polar surface area (TPSA) is 49.0 Å². The molecule has 0 spiro atoms. The molecule has 12 heteroatoms. The summed E-state index contributed by atoms with van der Waals surface area (Å²) in [6, 6.07) is 5.58. The van der Waals surface area contributed by atoms with Gasteiger partial charge in [0.25, 0.3) is 0 Å². The minimum atomic E-state index is -5.03. The Morgan fingerprint density at radius 3 is 2.50 bits per heavy atom. The van der Waals surface area contributed by atoms with Crippen molar-refractivity contribution in [2.75, 3.05) is 5.75 Å². The van der Waals surface area contributed by atoms with Crippen molar-refractivity contribution in [1.82, 2.24) is 4.90 Å². The van der Waals surface area contributed by atoms with E-state index < -0.39 is 41.0 Å². The lowest BCUT2D eigenvalue weighted by atomic mass is 10.2. The maximum absolute atomic E-state index is 13.5. The van der Waals surface area contributed by atoms with Gasteiger partial charge in [0.15, 0.2) is 5.17 Å². The SMILES string of the molecule is OC1(C(F)(F)F)CSC(=Nc2ccc(Cl)c(C(F)(F)F)c2)N1Cc1ccco1. The summed E-state index contributed by atoms with van der Waals surface area (Å²) < 4.78 is 84.4. The summed E-state index contributed by atoms with van der Waals surface area (Å²) >= 11 is 6.11. The van der Waals surface area contributed by atoms with E-state index in [1.807, 2.05) is 0 Å². The third kappa shape index (κ3) is 3.96.